The van der Waals surface area contributed by atoms with E-state index in [1.807, 2.05) is 25.1 Å². The number of hydrogen-bond acceptors (Lipinski definition) is 6. The van der Waals surface area contributed by atoms with Crippen LogP contribution in [0.4, 0.5) is 5.00 Å². The van der Waals surface area contributed by atoms with Gasteiger partial charge in [0.1, 0.15) is 27.6 Å². The molecule has 0 spiro atoms. The van der Waals surface area contributed by atoms with Crippen molar-refractivity contribution in [1.29, 1.82) is 0 Å². The van der Waals surface area contributed by atoms with Crippen molar-refractivity contribution in [3.05, 3.63) is 80.9 Å². The number of carbonyl (C=O) groups is 2. The molecule has 0 radical (unpaired) electrons. The first-order valence-corrected chi connectivity index (χ1v) is 13.8. The van der Waals surface area contributed by atoms with Crippen LogP contribution in [0, 0.1) is 13.8 Å². The Kier molecular flexibility index (Phi) is 8.38. The molecule has 1 unspecified atom stereocenters. The van der Waals surface area contributed by atoms with Gasteiger partial charge in [0, 0.05) is 16.0 Å². The van der Waals surface area contributed by atoms with Gasteiger partial charge in [-0.05, 0) is 57.2 Å². The minimum atomic E-state index is -0.492. The maximum Gasteiger partial charge on any atom is 0.342 e. The van der Waals surface area contributed by atoms with E-state index >= 15 is 0 Å². The number of nitrogens with one attached hydrogen (secondary N) is 1. The van der Waals surface area contributed by atoms with Crippen LogP contribution in [0.3, 0.4) is 0 Å². The van der Waals surface area contributed by atoms with E-state index in [1.165, 1.54) is 16.9 Å². The summed E-state index contributed by atoms with van der Waals surface area (Å²) in [5, 5.41) is 7.90. The zero-order valence-corrected chi connectivity index (χ0v) is 23.9. The van der Waals surface area contributed by atoms with Crippen LogP contribution in [0.2, 0.25) is 5.02 Å². The highest BCUT2D eigenvalue weighted by atomic mass is 35.5. The largest absolute Gasteiger partial charge is 0.459 e. The summed E-state index contributed by atoms with van der Waals surface area (Å²) in [4.78, 5) is 27.9. The standard InChI is InChI=1S/C30H31ClN2O4S/c1-7-17(4)20-12-14-21(15-13-20)25-19(6)38-29(26(25)30(35)36-16(2)3)32-28(34)24-18(5)37-33-27(24)22-10-8-9-11-23(22)31/h8-17H,7H2,1-6H3,(H,32,34). The molecule has 4 aromatic rings. The molecule has 0 bridgehead atoms. The van der Waals surface area contributed by atoms with Gasteiger partial charge in [-0.1, -0.05) is 73.1 Å². The number of hydrogen-bond donors (Lipinski definition) is 1. The Morgan fingerprint density at radius 2 is 1.74 bits per heavy atom. The number of carbonyl (C=O) groups excluding carboxylic acids is 2. The van der Waals surface area contributed by atoms with E-state index in [0.717, 1.165) is 22.4 Å². The summed E-state index contributed by atoms with van der Waals surface area (Å²) in [6, 6.07) is 15.3. The molecular weight excluding hydrogens is 520 g/mol. The molecule has 198 valence electrons. The maximum atomic E-state index is 13.6. The predicted molar refractivity (Wildman–Crippen MR) is 153 cm³/mol. The van der Waals surface area contributed by atoms with Gasteiger partial charge in [-0.2, -0.15) is 0 Å². The number of nitrogens with zero attached hydrogens (tertiary/aromatic N) is 1. The van der Waals surface area contributed by atoms with E-state index < -0.39 is 11.9 Å². The molecule has 2 aromatic heterocycles. The molecule has 0 aliphatic rings. The zero-order valence-electron chi connectivity index (χ0n) is 22.3. The number of benzene rings is 2. The highest BCUT2D eigenvalue weighted by Gasteiger charge is 2.29. The van der Waals surface area contributed by atoms with Crippen molar-refractivity contribution in [3.63, 3.8) is 0 Å². The molecule has 2 aromatic carbocycles. The highest BCUT2D eigenvalue weighted by molar-refractivity contribution is 7.17. The number of ether oxygens (including phenoxy) is 1. The van der Waals surface area contributed by atoms with Gasteiger partial charge in [0.15, 0.2) is 0 Å². The fraction of sp³-hybridized carbons (Fsp3) is 0.300. The van der Waals surface area contributed by atoms with Gasteiger partial charge < -0.3 is 14.6 Å². The lowest BCUT2D eigenvalue weighted by Gasteiger charge is -2.13. The molecule has 1 N–H and O–H groups in total. The Labute approximate surface area is 232 Å². The molecule has 1 atom stereocenters. The Morgan fingerprint density at radius 1 is 1.05 bits per heavy atom. The lowest BCUT2D eigenvalue weighted by atomic mass is 9.94. The van der Waals surface area contributed by atoms with Gasteiger partial charge in [0.25, 0.3) is 5.91 Å². The van der Waals surface area contributed by atoms with Crippen LogP contribution in [0.5, 0.6) is 0 Å². The van der Waals surface area contributed by atoms with E-state index in [0.29, 0.717) is 38.5 Å². The van der Waals surface area contributed by atoms with Gasteiger partial charge in [0.05, 0.1) is 11.1 Å². The second-order valence-electron chi connectivity index (χ2n) is 9.52. The Hall–Kier alpha value is -3.42. The molecule has 4 rings (SSSR count). The Morgan fingerprint density at radius 3 is 2.37 bits per heavy atom. The maximum absolute atomic E-state index is 13.6. The molecule has 2 heterocycles. The summed E-state index contributed by atoms with van der Waals surface area (Å²) in [5.74, 6) is -0.156. The normalized spacial score (nSPS) is 12.0. The predicted octanol–water partition coefficient (Wildman–Crippen LogP) is 8.67. The van der Waals surface area contributed by atoms with E-state index in [2.05, 4.69) is 36.5 Å². The quantitative estimate of drug-likeness (QED) is 0.222. The smallest absolute Gasteiger partial charge is 0.342 e. The average Bonchev–Trinajstić information content (AvgIpc) is 3.42. The molecule has 0 saturated heterocycles. The van der Waals surface area contributed by atoms with Crippen LogP contribution in [-0.2, 0) is 4.74 Å². The molecule has 6 nitrogen and oxygen atoms in total. The third kappa shape index (κ3) is 5.54. The highest BCUT2D eigenvalue weighted by Crippen LogP contribution is 2.42. The van der Waals surface area contributed by atoms with E-state index in [4.69, 9.17) is 20.9 Å². The number of anilines is 1. The number of aryl methyl sites for hydroxylation is 2. The minimum absolute atomic E-state index is 0.256. The Bertz CT molecular complexity index is 1470. The van der Waals surface area contributed by atoms with Gasteiger partial charge in [-0.3, -0.25) is 4.79 Å². The van der Waals surface area contributed by atoms with Crippen LogP contribution in [0.25, 0.3) is 22.4 Å². The summed E-state index contributed by atoms with van der Waals surface area (Å²) < 4.78 is 11.0. The molecule has 1 amide bonds. The first kappa shape index (κ1) is 27.6. The first-order chi connectivity index (χ1) is 18.1. The third-order valence-electron chi connectivity index (χ3n) is 6.46. The Balaban J connectivity index is 1.77. The fourth-order valence-corrected chi connectivity index (χ4v) is 5.59. The monoisotopic (exact) mass is 550 g/mol. The van der Waals surface area contributed by atoms with Crippen molar-refractivity contribution < 1.29 is 18.8 Å². The summed E-state index contributed by atoms with van der Waals surface area (Å²) in [6.45, 7) is 11.5. The molecular formula is C30H31ClN2O4S. The van der Waals surface area contributed by atoms with Gasteiger partial charge in [-0.25, -0.2) is 4.79 Å². The molecule has 38 heavy (non-hydrogen) atoms. The van der Waals surface area contributed by atoms with Crippen molar-refractivity contribution >= 4 is 39.8 Å². The first-order valence-electron chi connectivity index (χ1n) is 12.6. The van der Waals surface area contributed by atoms with Crippen LogP contribution in [-0.4, -0.2) is 23.1 Å². The minimum Gasteiger partial charge on any atom is -0.459 e. The summed E-state index contributed by atoms with van der Waals surface area (Å²) in [6.07, 6.45) is 0.719. The van der Waals surface area contributed by atoms with Crippen LogP contribution in [0.15, 0.2) is 53.1 Å². The number of halogens is 1. The lowest BCUT2D eigenvalue weighted by molar-refractivity contribution is 0.0380. The topological polar surface area (TPSA) is 81.4 Å². The van der Waals surface area contributed by atoms with Crippen LogP contribution < -0.4 is 5.32 Å². The number of rotatable bonds is 8. The van der Waals surface area contributed by atoms with Crippen molar-refractivity contribution in [2.75, 3.05) is 5.32 Å². The SMILES string of the molecule is CCC(C)c1ccc(-c2c(C)sc(NC(=O)c3c(-c4ccccc4Cl)noc3C)c2C(=O)OC(C)C)cc1. The second kappa shape index (κ2) is 11.5. The molecule has 0 aliphatic heterocycles. The summed E-state index contributed by atoms with van der Waals surface area (Å²) >= 11 is 7.71. The van der Waals surface area contributed by atoms with Crippen molar-refractivity contribution in [2.45, 2.75) is 60.0 Å². The average molecular weight is 551 g/mol. The van der Waals surface area contributed by atoms with Crippen molar-refractivity contribution in [2.24, 2.45) is 0 Å². The molecule has 0 aliphatic carbocycles. The molecule has 0 fully saturated rings. The lowest BCUT2D eigenvalue weighted by Crippen LogP contribution is -2.17. The third-order valence-corrected chi connectivity index (χ3v) is 7.81. The number of thiophene rings is 1. The van der Waals surface area contributed by atoms with Gasteiger partial charge in [0.2, 0.25) is 0 Å². The van der Waals surface area contributed by atoms with Crippen LogP contribution in [0.1, 0.15) is 77.0 Å². The molecule has 8 heteroatoms. The van der Waals surface area contributed by atoms with Crippen LogP contribution >= 0.6 is 22.9 Å². The van der Waals surface area contributed by atoms with Crippen molar-refractivity contribution in [1.82, 2.24) is 5.16 Å². The zero-order chi connectivity index (χ0) is 27.6. The van der Waals surface area contributed by atoms with Gasteiger partial charge >= 0.3 is 5.97 Å². The number of amides is 1. The second-order valence-corrected chi connectivity index (χ2v) is 11.2. The molecule has 0 saturated carbocycles. The summed E-state index contributed by atoms with van der Waals surface area (Å²) in [5.41, 5.74) is 4.39. The van der Waals surface area contributed by atoms with E-state index in [9.17, 15) is 9.59 Å². The number of esters is 1. The van der Waals surface area contributed by atoms with Crippen molar-refractivity contribution in [3.8, 4) is 22.4 Å². The fourth-order valence-electron chi connectivity index (χ4n) is 4.30. The van der Waals surface area contributed by atoms with E-state index in [1.54, 1.807) is 39.0 Å². The number of aromatic nitrogens is 1. The van der Waals surface area contributed by atoms with Gasteiger partial charge in [-0.15, -0.1) is 11.3 Å². The van der Waals surface area contributed by atoms with E-state index in [-0.39, 0.29) is 11.7 Å². The summed E-state index contributed by atoms with van der Waals surface area (Å²) in [7, 11) is 0.